The van der Waals surface area contributed by atoms with Crippen LogP contribution in [-0.2, 0) is 4.79 Å². The van der Waals surface area contributed by atoms with Crippen LogP contribution in [0.5, 0.6) is 5.75 Å². The van der Waals surface area contributed by atoms with E-state index in [0.29, 0.717) is 18.6 Å². The molecule has 27 heavy (non-hydrogen) atoms. The average Bonchev–Trinajstić information content (AvgIpc) is 2.89. The molecule has 0 saturated carbocycles. The number of carbonyl (C=O) groups excluding carboxylic acids is 1. The van der Waals surface area contributed by atoms with Crippen molar-refractivity contribution in [1.82, 2.24) is 5.01 Å². The molecule has 1 aliphatic heterocycles. The lowest BCUT2D eigenvalue weighted by Gasteiger charge is -2.32. The highest BCUT2D eigenvalue weighted by molar-refractivity contribution is 5.91. The summed E-state index contributed by atoms with van der Waals surface area (Å²) in [7, 11) is 0. The van der Waals surface area contributed by atoms with Crippen LogP contribution in [0.4, 0.5) is 13.2 Å². The van der Waals surface area contributed by atoms with Crippen molar-refractivity contribution in [1.29, 1.82) is 0 Å². The number of rotatable bonds is 6. The molecule has 0 radical (unpaired) electrons. The van der Waals surface area contributed by atoms with Gasteiger partial charge in [0.2, 0.25) is 0 Å². The van der Waals surface area contributed by atoms with Gasteiger partial charge in [-0.25, -0.2) is 0 Å². The molecule has 0 unspecified atom stereocenters. The first-order valence-electron chi connectivity index (χ1n) is 8.88. The summed E-state index contributed by atoms with van der Waals surface area (Å²) in [6.07, 6.45) is -4.05. The molecule has 1 N–H and O–H groups in total. The van der Waals surface area contributed by atoms with E-state index in [1.54, 1.807) is 13.8 Å². The summed E-state index contributed by atoms with van der Waals surface area (Å²) in [5.41, 5.74) is -0.596. The Morgan fingerprint density at radius 1 is 1.30 bits per heavy atom. The van der Waals surface area contributed by atoms with Crippen molar-refractivity contribution in [2.45, 2.75) is 65.3 Å². The first-order valence-corrected chi connectivity index (χ1v) is 8.88. The fourth-order valence-corrected chi connectivity index (χ4v) is 3.21. The summed E-state index contributed by atoms with van der Waals surface area (Å²) in [6, 6.07) is 3.71. The third-order valence-electron chi connectivity index (χ3n) is 4.50. The molecule has 8 heteroatoms. The molecular weight excluding hydrogens is 361 g/mol. The van der Waals surface area contributed by atoms with Crippen LogP contribution >= 0.6 is 0 Å². The first kappa shape index (κ1) is 21.2. The second-order valence-electron chi connectivity index (χ2n) is 6.98. The number of amides is 1. The molecule has 0 spiro atoms. The average molecular weight is 386 g/mol. The van der Waals surface area contributed by atoms with Gasteiger partial charge in [0.05, 0.1) is 0 Å². The largest absolute Gasteiger partial charge is 0.483 e. The number of aryl methyl sites for hydroxylation is 3. The van der Waals surface area contributed by atoms with E-state index in [9.17, 15) is 23.1 Å². The van der Waals surface area contributed by atoms with Gasteiger partial charge in [-0.3, -0.25) is 4.79 Å². The zero-order chi connectivity index (χ0) is 20.4. The molecule has 1 amide bonds. The number of hydrogen-bond acceptors (Lipinski definition) is 4. The van der Waals surface area contributed by atoms with Crippen LogP contribution in [-0.4, -0.2) is 40.2 Å². The summed E-state index contributed by atoms with van der Waals surface area (Å²) in [4.78, 5) is 12.4. The molecular formula is C19H25F3N2O3. The van der Waals surface area contributed by atoms with Crippen molar-refractivity contribution in [3.63, 3.8) is 0 Å². The Bertz CT molecular complexity index is 723. The molecule has 1 aliphatic rings. The SMILES string of the molecule is CCCCC1=NN(C(=O)COc2c(C)cc(C)cc2C)[C@@](O)(C(F)(F)F)C1. The fourth-order valence-electron chi connectivity index (χ4n) is 3.21. The van der Waals surface area contributed by atoms with E-state index in [1.807, 2.05) is 26.0 Å². The van der Waals surface area contributed by atoms with E-state index in [1.165, 1.54) is 0 Å². The standard InChI is InChI=1S/C19H25F3N2O3/c1-5-6-7-15-10-18(26,19(20,21)22)24(23-15)16(25)11-27-17-13(3)8-12(2)9-14(17)4/h8-9,26H,5-7,10-11H2,1-4H3/t18-/m0/s1. The zero-order valence-electron chi connectivity index (χ0n) is 16.0. The highest BCUT2D eigenvalue weighted by atomic mass is 19.4. The van der Waals surface area contributed by atoms with E-state index in [4.69, 9.17) is 4.74 Å². The molecule has 1 aromatic rings. The number of halogens is 3. The van der Waals surface area contributed by atoms with Crippen LogP contribution in [0.3, 0.4) is 0 Å². The minimum absolute atomic E-state index is 0.136. The topological polar surface area (TPSA) is 62.1 Å². The predicted octanol–water partition coefficient (Wildman–Crippen LogP) is 4.02. The van der Waals surface area contributed by atoms with E-state index in [0.717, 1.165) is 23.1 Å². The summed E-state index contributed by atoms with van der Waals surface area (Å²) in [6.45, 7) is 6.75. The van der Waals surface area contributed by atoms with Gasteiger partial charge in [0.15, 0.2) is 6.61 Å². The number of hydrogen-bond donors (Lipinski definition) is 1. The van der Waals surface area contributed by atoms with Crippen molar-refractivity contribution in [2.75, 3.05) is 6.61 Å². The van der Waals surface area contributed by atoms with Crippen LogP contribution in [0, 0.1) is 20.8 Å². The number of carbonyl (C=O) groups is 1. The lowest BCUT2D eigenvalue weighted by atomic mass is 10.0. The van der Waals surface area contributed by atoms with E-state index in [-0.39, 0.29) is 10.7 Å². The van der Waals surface area contributed by atoms with Gasteiger partial charge >= 0.3 is 6.18 Å². The van der Waals surface area contributed by atoms with Gasteiger partial charge in [0.25, 0.3) is 11.6 Å². The molecule has 1 heterocycles. The molecule has 0 saturated heterocycles. The van der Waals surface area contributed by atoms with Crippen LogP contribution in [0.25, 0.3) is 0 Å². The van der Waals surface area contributed by atoms with Crippen LogP contribution in [0.15, 0.2) is 17.2 Å². The second-order valence-corrected chi connectivity index (χ2v) is 6.98. The zero-order valence-corrected chi connectivity index (χ0v) is 16.0. The molecule has 2 rings (SSSR count). The number of nitrogens with zero attached hydrogens (tertiary/aromatic N) is 2. The molecule has 1 atom stereocenters. The van der Waals surface area contributed by atoms with E-state index in [2.05, 4.69) is 5.10 Å². The fraction of sp³-hybridized carbons (Fsp3) is 0.579. The molecule has 150 valence electrons. The molecule has 0 fully saturated rings. The molecule has 0 aliphatic carbocycles. The van der Waals surface area contributed by atoms with E-state index < -0.39 is 30.8 Å². The molecule has 1 aromatic carbocycles. The normalized spacial score (nSPS) is 20.0. The van der Waals surface area contributed by atoms with Gasteiger partial charge in [0.1, 0.15) is 5.75 Å². The van der Waals surface area contributed by atoms with Crippen LogP contribution in [0.2, 0.25) is 0 Å². The van der Waals surface area contributed by atoms with E-state index >= 15 is 0 Å². The smallest absolute Gasteiger partial charge is 0.438 e. The maximum absolute atomic E-state index is 13.4. The highest BCUT2D eigenvalue weighted by Gasteiger charge is 2.63. The summed E-state index contributed by atoms with van der Waals surface area (Å²) >= 11 is 0. The predicted molar refractivity (Wildman–Crippen MR) is 95.6 cm³/mol. The minimum atomic E-state index is -5.02. The lowest BCUT2D eigenvalue weighted by Crippen LogP contribution is -2.57. The number of benzene rings is 1. The van der Waals surface area contributed by atoms with Crippen molar-refractivity contribution >= 4 is 11.6 Å². The third-order valence-corrected chi connectivity index (χ3v) is 4.50. The van der Waals surface area contributed by atoms with Gasteiger partial charge in [0, 0.05) is 12.1 Å². The Morgan fingerprint density at radius 2 is 1.89 bits per heavy atom. The Morgan fingerprint density at radius 3 is 2.41 bits per heavy atom. The van der Waals surface area contributed by atoms with Gasteiger partial charge in [-0.05, 0) is 44.7 Å². The number of hydrazone groups is 1. The number of ether oxygens (including phenoxy) is 1. The third kappa shape index (κ3) is 4.43. The number of unbranched alkanes of at least 4 members (excludes halogenated alkanes) is 1. The maximum Gasteiger partial charge on any atom is 0.438 e. The quantitative estimate of drug-likeness (QED) is 0.803. The number of aliphatic hydroxyl groups is 1. The Hall–Kier alpha value is -2.09. The minimum Gasteiger partial charge on any atom is -0.483 e. The summed E-state index contributed by atoms with van der Waals surface area (Å²) in [5, 5.41) is 14.1. The van der Waals surface area contributed by atoms with Gasteiger partial charge in [-0.15, -0.1) is 0 Å². The maximum atomic E-state index is 13.4. The molecule has 0 aromatic heterocycles. The van der Waals surface area contributed by atoms with Gasteiger partial charge in [-0.1, -0.05) is 31.0 Å². The molecule has 0 bridgehead atoms. The first-order chi connectivity index (χ1) is 12.5. The van der Waals surface area contributed by atoms with Crippen molar-refractivity contribution in [3.8, 4) is 5.75 Å². The Labute approximate surface area is 156 Å². The molecule has 5 nitrogen and oxygen atoms in total. The van der Waals surface area contributed by atoms with Crippen molar-refractivity contribution < 1.29 is 27.8 Å². The van der Waals surface area contributed by atoms with Crippen LogP contribution < -0.4 is 4.74 Å². The Balaban J connectivity index is 2.20. The highest BCUT2D eigenvalue weighted by Crippen LogP contribution is 2.41. The second kappa shape index (κ2) is 7.88. The van der Waals surface area contributed by atoms with Gasteiger partial charge < -0.3 is 9.84 Å². The van der Waals surface area contributed by atoms with Crippen LogP contribution in [0.1, 0.15) is 49.3 Å². The summed E-state index contributed by atoms with van der Waals surface area (Å²) < 4.78 is 45.8. The lowest BCUT2D eigenvalue weighted by molar-refractivity contribution is -0.302. The summed E-state index contributed by atoms with van der Waals surface area (Å²) in [5.74, 6) is -0.598. The number of alkyl halides is 3. The van der Waals surface area contributed by atoms with Gasteiger partial charge in [-0.2, -0.15) is 23.3 Å². The monoisotopic (exact) mass is 386 g/mol. The Kier molecular flexibility index (Phi) is 6.19. The van der Waals surface area contributed by atoms with Crippen molar-refractivity contribution in [3.05, 3.63) is 28.8 Å². The van der Waals surface area contributed by atoms with Crippen molar-refractivity contribution in [2.24, 2.45) is 5.10 Å².